The van der Waals surface area contributed by atoms with Gasteiger partial charge in [-0.15, -0.1) is 6.58 Å². The van der Waals surface area contributed by atoms with Gasteiger partial charge in [-0.2, -0.15) is 0 Å². The molecule has 0 aliphatic rings. The Bertz CT molecular complexity index is 553. The third-order valence-corrected chi connectivity index (χ3v) is 8.35. The van der Waals surface area contributed by atoms with Crippen LogP contribution in [0.1, 0.15) is 13.8 Å². The van der Waals surface area contributed by atoms with Crippen molar-refractivity contribution in [1.82, 2.24) is 0 Å². The Hall–Kier alpha value is -0.776. The minimum Gasteiger partial charge on any atom is -0.466 e. The van der Waals surface area contributed by atoms with Crippen LogP contribution in [0, 0.1) is 5.92 Å². The first kappa shape index (κ1) is 30.2. The molecule has 0 amide bonds. The minimum atomic E-state index is -1.18. The van der Waals surface area contributed by atoms with E-state index in [1.165, 1.54) is 13.2 Å². The van der Waals surface area contributed by atoms with Crippen LogP contribution in [0.2, 0.25) is 51.4 Å². The van der Waals surface area contributed by atoms with Gasteiger partial charge in [0, 0.05) is 41.4 Å². The van der Waals surface area contributed by atoms with Gasteiger partial charge in [-0.05, 0) is 25.1 Å². The van der Waals surface area contributed by atoms with E-state index in [-0.39, 0.29) is 19.5 Å². The molecule has 31 heavy (non-hydrogen) atoms. The summed E-state index contributed by atoms with van der Waals surface area (Å²) in [6, 6.07) is 2.12. The molecule has 0 aromatic heterocycles. The molecule has 0 N–H and O–H groups in total. The summed E-state index contributed by atoms with van der Waals surface area (Å²) in [4.78, 5) is 11.7. The van der Waals surface area contributed by atoms with Crippen molar-refractivity contribution in [1.29, 1.82) is 0 Å². The van der Waals surface area contributed by atoms with Crippen molar-refractivity contribution >= 4 is 22.1 Å². The second kappa shape index (κ2) is 14.4. The molecule has 0 aliphatic heterocycles. The van der Waals surface area contributed by atoms with Crippen molar-refractivity contribution < 1.29 is 28.5 Å². The Balaban J connectivity index is 5.19. The molecule has 0 fully saturated rings. The Morgan fingerprint density at radius 2 is 1.52 bits per heavy atom. The number of esters is 1. The Kier molecular flexibility index (Phi) is 14.0. The fraction of sp³-hybridized carbons (Fsp3) is 0.783. The van der Waals surface area contributed by atoms with E-state index in [1.807, 2.05) is 19.9 Å². The van der Waals surface area contributed by atoms with E-state index >= 15 is 0 Å². The third-order valence-electron chi connectivity index (χ3n) is 4.94. The van der Waals surface area contributed by atoms with Gasteiger partial charge in [0.25, 0.3) is 0 Å². The predicted molar refractivity (Wildman–Crippen MR) is 133 cm³/mol. The van der Waals surface area contributed by atoms with Crippen LogP contribution in [0.3, 0.4) is 0 Å². The highest BCUT2D eigenvalue weighted by Gasteiger charge is 2.37. The normalized spacial score (nSPS) is 16.7. The van der Waals surface area contributed by atoms with Crippen LogP contribution in [0.15, 0.2) is 24.8 Å². The number of hydrogen-bond donors (Lipinski definition) is 0. The van der Waals surface area contributed by atoms with Gasteiger partial charge in [0.05, 0.1) is 13.2 Å². The molecule has 0 spiro atoms. The fourth-order valence-corrected chi connectivity index (χ4v) is 4.17. The molecule has 0 heterocycles. The molecule has 0 aromatic carbocycles. The van der Waals surface area contributed by atoms with E-state index in [0.717, 1.165) is 12.1 Å². The maximum absolute atomic E-state index is 11.7. The van der Waals surface area contributed by atoms with Crippen LogP contribution < -0.4 is 0 Å². The molecule has 0 saturated carbocycles. The number of hydrogen-bond acceptors (Lipinski definition) is 6. The monoisotopic (exact) mass is 474 g/mol. The lowest BCUT2D eigenvalue weighted by Crippen LogP contribution is -2.46. The molecule has 182 valence electrons. The van der Waals surface area contributed by atoms with Crippen molar-refractivity contribution in [3.63, 3.8) is 0 Å². The summed E-state index contributed by atoms with van der Waals surface area (Å²) in [5.41, 5.74) is -0.927. The number of methoxy groups -OCH3 is 1. The van der Waals surface area contributed by atoms with Crippen LogP contribution in [0.25, 0.3) is 0 Å². The topological polar surface area (TPSA) is 63.2 Å². The summed E-state index contributed by atoms with van der Waals surface area (Å²) in [6.45, 7) is 23.2. The Labute approximate surface area is 192 Å². The first-order chi connectivity index (χ1) is 14.2. The third kappa shape index (κ3) is 14.8. The zero-order valence-corrected chi connectivity index (χ0v) is 23.3. The van der Waals surface area contributed by atoms with Crippen LogP contribution in [-0.4, -0.2) is 67.7 Å². The summed E-state index contributed by atoms with van der Waals surface area (Å²) in [5.74, 6) is -0.499. The van der Waals surface area contributed by atoms with E-state index in [0.29, 0.717) is 13.2 Å². The average molecular weight is 475 g/mol. The molecule has 0 unspecified atom stereocenters. The van der Waals surface area contributed by atoms with Crippen molar-refractivity contribution in [2.45, 2.75) is 76.9 Å². The van der Waals surface area contributed by atoms with Crippen LogP contribution in [0.4, 0.5) is 0 Å². The maximum atomic E-state index is 11.7. The predicted octanol–water partition coefficient (Wildman–Crippen LogP) is 5.32. The van der Waals surface area contributed by atoms with Gasteiger partial charge in [0.2, 0.25) is 0 Å². The molecule has 0 aromatic rings. The van der Waals surface area contributed by atoms with Gasteiger partial charge >= 0.3 is 5.97 Å². The second-order valence-corrected chi connectivity index (χ2v) is 21.8. The number of carbonyl (C=O) groups is 1. The minimum absolute atomic E-state index is 0.0464. The molecule has 3 atom stereocenters. The van der Waals surface area contributed by atoms with Gasteiger partial charge in [0.15, 0.2) is 0 Å². The van der Waals surface area contributed by atoms with E-state index in [1.54, 1.807) is 6.08 Å². The molecule has 0 bridgehead atoms. The van der Waals surface area contributed by atoms with E-state index in [4.69, 9.17) is 23.7 Å². The highest BCUT2D eigenvalue weighted by Crippen LogP contribution is 2.28. The van der Waals surface area contributed by atoms with Crippen LogP contribution in [0.5, 0.6) is 0 Å². The first-order valence-electron chi connectivity index (χ1n) is 11.0. The summed E-state index contributed by atoms with van der Waals surface area (Å²) < 4.78 is 28.4. The van der Waals surface area contributed by atoms with Crippen molar-refractivity contribution in [2.75, 3.05) is 33.9 Å². The van der Waals surface area contributed by atoms with E-state index in [2.05, 4.69) is 45.9 Å². The Morgan fingerprint density at radius 3 is 1.97 bits per heavy atom. The standard InChI is InChI=1S/C23H46O6Si2/c1-11-20(2)22(28-18-26-14-16-30(5,6)7)23(3,13-12-21(24)25-4)29-19-27-15-17-31(8,9)10/h11-13,20,22H,1,14-19H2,2-10H3/b13-12+/t20-,22-,23+/m0/s1. The summed E-state index contributed by atoms with van der Waals surface area (Å²) in [5, 5.41) is 0. The smallest absolute Gasteiger partial charge is 0.330 e. The molecule has 0 rings (SSSR count). The largest absolute Gasteiger partial charge is 0.466 e. The van der Waals surface area contributed by atoms with Crippen LogP contribution in [-0.2, 0) is 28.5 Å². The molecular formula is C23H46O6Si2. The Morgan fingerprint density at radius 1 is 1.00 bits per heavy atom. The average Bonchev–Trinajstić information content (AvgIpc) is 2.66. The number of carbonyl (C=O) groups excluding carboxylic acids is 1. The van der Waals surface area contributed by atoms with Crippen LogP contribution >= 0.6 is 0 Å². The lowest BCUT2D eigenvalue weighted by atomic mass is 9.88. The first-order valence-corrected chi connectivity index (χ1v) is 18.5. The zero-order chi connectivity index (χ0) is 24.1. The van der Waals surface area contributed by atoms with Gasteiger partial charge in [-0.25, -0.2) is 4.79 Å². The lowest BCUT2D eigenvalue weighted by molar-refractivity contribution is -0.199. The summed E-state index contributed by atoms with van der Waals surface area (Å²) in [6.07, 6.45) is 4.43. The van der Waals surface area contributed by atoms with Crippen molar-refractivity contribution in [3.8, 4) is 0 Å². The maximum Gasteiger partial charge on any atom is 0.330 e. The molecule has 6 nitrogen and oxygen atoms in total. The zero-order valence-electron chi connectivity index (χ0n) is 21.3. The van der Waals surface area contributed by atoms with E-state index in [9.17, 15) is 4.79 Å². The molecular weight excluding hydrogens is 428 g/mol. The second-order valence-electron chi connectivity index (χ2n) is 10.5. The summed E-state index contributed by atoms with van der Waals surface area (Å²) >= 11 is 0. The number of rotatable bonds is 17. The summed E-state index contributed by atoms with van der Waals surface area (Å²) in [7, 11) is -1.00. The van der Waals surface area contributed by atoms with Crippen molar-refractivity contribution in [3.05, 3.63) is 24.8 Å². The van der Waals surface area contributed by atoms with Gasteiger partial charge < -0.3 is 23.7 Å². The lowest BCUT2D eigenvalue weighted by Gasteiger charge is -2.37. The molecule has 0 aliphatic carbocycles. The molecule has 0 saturated heterocycles. The highest BCUT2D eigenvalue weighted by atomic mass is 28.3. The van der Waals surface area contributed by atoms with Gasteiger partial charge in [-0.3, -0.25) is 0 Å². The SMILES string of the molecule is C=C[C@H](C)[C@H](OCOCC[Si](C)(C)C)[C@@](C)(/C=C/C(=O)OC)OCOCC[Si](C)(C)C. The van der Waals surface area contributed by atoms with Crippen molar-refractivity contribution in [2.24, 2.45) is 5.92 Å². The fourth-order valence-electron chi connectivity index (χ4n) is 2.65. The van der Waals surface area contributed by atoms with E-state index < -0.39 is 33.8 Å². The molecule has 0 radical (unpaired) electrons. The highest BCUT2D eigenvalue weighted by molar-refractivity contribution is 6.76. The molecule has 8 heteroatoms. The quantitative estimate of drug-likeness (QED) is 0.0710. The van der Waals surface area contributed by atoms with Gasteiger partial charge in [-0.1, -0.05) is 52.3 Å². The number of ether oxygens (including phenoxy) is 5. The van der Waals surface area contributed by atoms with Gasteiger partial charge in [0.1, 0.15) is 19.2 Å².